The van der Waals surface area contributed by atoms with E-state index in [4.69, 9.17) is 0 Å². The summed E-state index contributed by atoms with van der Waals surface area (Å²) in [4.78, 5) is 16.2. The molecule has 0 bridgehead atoms. The number of rotatable bonds is 2. The van der Waals surface area contributed by atoms with Gasteiger partial charge in [0, 0.05) is 30.6 Å². The van der Waals surface area contributed by atoms with Gasteiger partial charge in [0.25, 0.3) is 0 Å². The Morgan fingerprint density at radius 3 is 3.19 bits per heavy atom. The van der Waals surface area contributed by atoms with Crippen molar-refractivity contribution in [1.29, 1.82) is 0 Å². The lowest BCUT2D eigenvalue weighted by molar-refractivity contribution is -0.116. The van der Waals surface area contributed by atoms with E-state index >= 15 is 0 Å². The predicted molar refractivity (Wildman–Crippen MR) is 76.0 cm³/mol. The average Bonchev–Trinajstić information content (AvgIpc) is 3.11. The fraction of sp³-hybridized carbons (Fsp3) is 0.286. The lowest BCUT2D eigenvalue weighted by Gasteiger charge is -2.23. The Morgan fingerprint density at radius 2 is 2.33 bits per heavy atom. The first-order chi connectivity index (χ1) is 10.3. The zero-order chi connectivity index (χ0) is 14.4. The molecular weight excluding hydrogens is 268 g/mol. The summed E-state index contributed by atoms with van der Waals surface area (Å²) >= 11 is 0. The Bertz CT molecular complexity index is 833. The van der Waals surface area contributed by atoms with Crippen LogP contribution in [0.15, 0.2) is 30.9 Å². The van der Waals surface area contributed by atoms with Crippen LogP contribution in [0.5, 0.6) is 0 Å². The van der Waals surface area contributed by atoms with Gasteiger partial charge >= 0.3 is 0 Å². The van der Waals surface area contributed by atoms with Crippen molar-refractivity contribution >= 4 is 17.4 Å². The largest absolute Gasteiger partial charge is 0.311 e. The summed E-state index contributed by atoms with van der Waals surface area (Å²) in [7, 11) is 0. The van der Waals surface area contributed by atoms with Gasteiger partial charge in [-0.25, -0.2) is 14.2 Å². The van der Waals surface area contributed by atoms with Gasteiger partial charge in [-0.2, -0.15) is 10.2 Å². The van der Waals surface area contributed by atoms with Crippen LogP contribution < -0.4 is 5.32 Å². The molecule has 0 aliphatic carbocycles. The molecule has 1 unspecified atom stereocenters. The molecule has 4 heterocycles. The number of carbonyl (C=O) groups excluding carboxylic acids is 1. The number of nitrogens with one attached hydrogen (secondary N) is 1. The monoisotopic (exact) mass is 282 g/mol. The summed E-state index contributed by atoms with van der Waals surface area (Å²) in [5.74, 6) is 0.833. The fourth-order valence-electron chi connectivity index (χ4n) is 2.85. The SMILES string of the molecule is CCn1ncc2c1NC(=O)CC2c1ccn2ncnc2c1. The van der Waals surface area contributed by atoms with E-state index in [0.717, 1.165) is 29.1 Å². The van der Waals surface area contributed by atoms with Gasteiger partial charge in [-0.1, -0.05) is 0 Å². The fourth-order valence-corrected chi connectivity index (χ4v) is 2.85. The van der Waals surface area contributed by atoms with Crippen LogP contribution >= 0.6 is 0 Å². The zero-order valence-electron chi connectivity index (χ0n) is 11.5. The summed E-state index contributed by atoms with van der Waals surface area (Å²) in [5.41, 5.74) is 2.89. The lowest BCUT2D eigenvalue weighted by atomic mass is 9.88. The molecule has 0 fully saturated rings. The molecule has 0 saturated carbocycles. The smallest absolute Gasteiger partial charge is 0.226 e. The van der Waals surface area contributed by atoms with Crippen molar-refractivity contribution < 1.29 is 4.79 Å². The van der Waals surface area contributed by atoms with Crippen molar-refractivity contribution in [2.24, 2.45) is 0 Å². The van der Waals surface area contributed by atoms with Crippen LogP contribution in [0.4, 0.5) is 5.82 Å². The van der Waals surface area contributed by atoms with E-state index in [2.05, 4.69) is 20.5 Å². The topological polar surface area (TPSA) is 77.1 Å². The molecule has 0 spiro atoms. The van der Waals surface area contributed by atoms with Gasteiger partial charge in [-0.05, 0) is 24.6 Å². The van der Waals surface area contributed by atoms with Gasteiger partial charge in [0.1, 0.15) is 12.1 Å². The molecule has 7 heteroatoms. The molecule has 106 valence electrons. The van der Waals surface area contributed by atoms with E-state index in [1.807, 2.05) is 36.1 Å². The van der Waals surface area contributed by atoms with Gasteiger partial charge in [-0.15, -0.1) is 0 Å². The average molecular weight is 282 g/mol. The van der Waals surface area contributed by atoms with Crippen LogP contribution in [0.1, 0.15) is 30.4 Å². The second kappa shape index (κ2) is 4.41. The van der Waals surface area contributed by atoms with Crippen LogP contribution in [0.2, 0.25) is 0 Å². The maximum Gasteiger partial charge on any atom is 0.226 e. The number of hydrogen-bond donors (Lipinski definition) is 1. The van der Waals surface area contributed by atoms with Crippen molar-refractivity contribution in [3.8, 4) is 0 Å². The second-order valence-electron chi connectivity index (χ2n) is 5.09. The highest BCUT2D eigenvalue weighted by Crippen LogP contribution is 2.37. The van der Waals surface area contributed by atoms with Crippen molar-refractivity contribution in [3.05, 3.63) is 42.0 Å². The van der Waals surface area contributed by atoms with Crippen LogP contribution in [-0.4, -0.2) is 30.3 Å². The number of pyridine rings is 1. The van der Waals surface area contributed by atoms with Crippen molar-refractivity contribution in [3.63, 3.8) is 0 Å². The van der Waals surface area contributed by atoms with E-state index in [1.165, 1.54) is 6.33 Å². The molecular formula is C14H14N6O. The first-order valence-corrected chi connectivity index (χ1v) is 6.91. The molecule has 1 N–H and O–H groups in total. The Labute approximate surface area is 120 Å². The first kappa shape index (κ1) is 12.1. The predicted octanol–water partition coefficient (Wildman–Crippen LogP) is 1.42. The molecule has 0 aromatic carbocycles. The second-order valence-corrected chi connectivity index (χ2v) is 5.09. The van der Waals surface area contributed by atoms with Crippen LogP contribution in [0.25, 0.3) is 5.65 Å². The Morgan fingerprint density at radius 1 is 1.43 bits per heavy atom. The van der Waals surface area contributed by atoms with Crippen molar-refractivity contribution in [1.82, 2.24) is 24.4 Å². The third-order valence-corrected chi connectivity index (χ3v) is 3.90. The normalized spacial score (nSPS) is 17.8. The highest BCUT2D eigenvalue weighted by atomic mass is 16.1. The third-order valence-electron chi connectivity index (χ3n) is 3.90. The molecule has 7 nitrogen and oxygen atoms in total. The van der Waals surface area contributed by atoms with Gasteiger partial charge in [0.05, 0.1) is 6.20 Å². The zero-order valence-corrected chi connectivity index (χ0v) is 11.5. The summed E-state index contributed by atoms with van der Waals surface area (Å²) in [6.07, 6.45) is 5.66. The van der Waals surface area contributed by atoms with Gasteiger partial charge in [0.15, 0.2) is 5.65 Å². The van der Waals surface area contributed by atoms with E-state index in [1.54, 1.807) is 4.52 Å². The number of amides is 1. The number of aromatic nitrogens is 5. The summed E-state index contributed by atoms with van der Waals surface area (Å²) in [5, 5.41) is 11.4. The molecule has 1 aliphatic rings. The Balaban J connectivity index is 1.84. The van der Waals surface area contributed by atoms with Gasteiger partial charge in [0.2, 0.25) is 5.91 Å². The number of anilines is 1. The maximum atomic E-state index is 12.0. The number of hydrogen-bond acceptors (Lipinski definition) is 4. The van der Waals surface area contributed by atoms with Gasteiger partial charge in [-0.3, -0.25) is 4.79 Å². The maximum absolute atomic E-state index is 12.0. The van der Waals surface area contributed by atoms with E-state index < -0.39 is 0 Å². The summed E-state index contributed by atoms with van der Waals surface area (Å²) < 4.78 is 3.53. The molecule has 3 aromatic heterocycles. The summed E-state index contributed by atoms with van der Waals surface area (Å²) in [6.45, 7) is 2.73. The van der Waals surface area contributed by atoms with E-state index in [9.17, 15) is 4.79 Å². The minimum Gasteiger partial charge on any atom is -0.311 e. The van der Waals surface area contributed by atoms with Crippen LogP contribution in [0.3, 0.4) is 0 Å². The number of carbonyl (C=O) groups is 1. The standard InChI is InChI=1S/C14H14N6O/c1-2-19-14-11(7-16-19)10(6-13(21)18-14)9-3-4-20-12(5-9)15-8-17-20/h3-5,7-8,10H,2,6H2,1H3,(H,18,21). The molecule has 1 amide bonds. The molecule has 1 aliphatic heterocycles. The Kier molecular flexibility index (Phi) is 2.53. The van der Waals surface area contributed by atoms with E-state index in [-0.39, 0.29) is 11.8 Å². The number of aryl methyl sites for hydroxylation is 1. The third kappa shape index (κ3) is 1.81. The lowest BCUT2D eigenvalue weighted by Crippen LogP contribution is -2.24. The van der Waals surface area contributed by atoms with Crippen LogP contribution in [-0.2, 0) is 11.3 Å². The van der Waals surface area contributed by atoms with Gasteiger partial charge < -0.3 is 5.32 Å². The number of fused-ring (bicyclic) bond motifs is 2. The molecule has 0 radical (unpaired) electrons. The highest BCUT2D eigenvalue weighted by molar-refractivity contribution is 5.94. The molecule has 3 aromatic rings. The summed E-state index contributed by atoms with van der Waals surface area (Å²) in [6, 6.07) is 3.96. The Hall–Kier alpha value is -2.70. The molecule has 0 saturated heterocycles. The number of nitrogens with zero attached hydrogens (tertiary/aromatic N) is 5. The first-order valence-electron chi connectivity index (χ1n) is 6.91. The molecule has 21 heavy (non-hydrogen) atoms. The quantitative estimate of drug-likeness (QED) is 0.771. The highest BCUT2D eigenvalue weighted by Gasteiger charge is 2.29. The molecule has 1 atom stereocenters. The molecule has 4 rings (SSSR count). The van der Waals surface area contributed by atoms with Crippen LogP contribution in [0, 0.1) is 0 Å². The minimum absolute atomic E-state index is 0.00995. The minimum atomic E-state index is 0.00995. The van der Waals surface area contributed by atoms with E-state index in [0.29, 0.717) is 6.42 Å². The van der Waals surface area contributed by atoms with Crippen molar-refractivity contribution in [2.75, 3.05) is 5.32 Å². The van der Waals surface area contributed by atoms with Crippen molar-refractivity contribution in [2.45, 2.75) is 25.8 Å².